The Kier molecular flexibility index (Phi) is 5.26. The van der Waals surface area contributed by atoms with Gasteiger partial charge in [-0.2, -0.15) is 0 Å². The second kappa shape index (κ2) is 7.16. The van der Waals surface area contributed by atoms with Gasteiger partial charge in [-0.05, 0) is 53.6 Å². The van der Waals surface area contributed by atoms with Crippen LogP contribution in [0, 0.1) is 0 Å². The summed E-state index contributed by atoms with van der Waals surface area (Å²) in [6, 6.07) is 16.8. The van der Waals surface area contributed by atoms with Gasteiger partial charge in [0.05, 0.1) is 14.2 Å². The molecule has 0 aliphatic heterocycles. The van der Waals surface area contributed by atoms with E-state index in [1.807, 2.05) is 24.3 Å². The van der Waals surface area contributed by atoms with Crippen molar-refractivity contribution in [2.45, 2.75) is 32.1 Å². The van der Waals surface area contributed by atoms with Crippen molar-refractivity contribution in [3.05, 3.63) is 59.7 Å². The first-order valence-corrected chi connectivity index (χ1v) is 7.42. The fourth-order valence-corrected chi connectivity index (χ4v) is 2.67. The molecule has 2 heteroatoms. The van der Waals surface area contributed by atoms with Gasteiger partial charge >= 0.3 is 0 Å². The molecule has 0 heterocycles. The Balaban J connectivity index is 2.01. The van der Waals surface area contributed by atoms with Gasteiger partial charge in [0.25, 0.3) is 0 Å². The van der Waals surface area contributed by atoms with Gasteiger partial charge in [0.2, 0.25) is 0 Å². The van der Waals surface area contributed by atoms with Crippen LogP contribution < -0.4 is 9.47 Å². The lowest BCUT2D eigenvalue weighted by Gasteiger charge is -2.18. The molecular weight excluding hydrogens is 260 g/mol. The standard InChI is InChI=1S/C19H24O2/c1-14(16-5-9-18(20-3)10-6-16)13-15(2)17-7-11-19(21-4)12-8-17/h5-12,14-15H,13H2,1-4H3/t14-,15?/m0/s1. The zero-order valence-corrected chi connectivity index (χ0v) is 13.3. The van der Waals surface area contributed by atoms with Gasteiger partial charge in [-0.1, -0.05) is 38.1 Å². The van der Waals surface area contributed by atoms with Crippen molar-refractivity contribution < 1.29 is 9.47 Å². The molecule has 0 aromatic heterocycles. The minimum atomic E-state index is 0.521. The Morgan fingerprint density at radius 2 is 1.00 bits per heavy atom. The van der Waals surface area contributed by atoms with Crippen LogP contribution in [-0.2, 0) is 0 Å². The first-order valence-electron chi connectivity index (χ1n) is 7.42. The van der Waals surface area contributed by atoms with Crippen LogP contribution in [0.2, 0.25) is 0 Å². The highest BCUT2D eigenvalue weighted by Crippen LogP contribution is 2.30. The molecule has 0 saturated heterocycles. The van der Waals surface area contributed by atoms with E-state index in [0.29, 0.717) is 11.8 Å². The van der Waals surface area contributed by atoms with Gasteiger partial charge in [-0.3, -0.25) is 0 Å². The van der Waals surface area contributed by atoms with Crippen molar-refractivity contribution >= 4 is 0 Å². The second-order valence-corrected chi connectivity index (χ2v) is 5.58. The molecule has 2 aromatic rings. The summed E-state index contributed by atoms with van der Waals surface area (Å²) in [6.45, 7) is 4.56. The normalized spacial score (nSPS) is 13.5. The molecule has 21 heavy (non-hydrogen) atoms. The van der Waals surface area contributed by atoms with Gasteiger partial charge in [0.15, 0.2) is 0 Å². The smallest absolute Gasteiger partial charge is 0.118 e. The van der Waals surface area contributed by atoms with Crippen molar-refractivity contribution in [3.8, 4) is 11.5 Å². The molecule has 0 aliphatic rings. The summed E-state index contributed by atoms with van der Waals surface area (Å²) in [5.41, 5.74) is 2.72. The third-order valence-corrected chi connectivity index (χ3v) is 4.08. The Hall–Kier alpha value is -1.96. The lowest BCUT2D eigenvalue weighted by molar-refractivity contribution is 0.414. The summed E-state index contributed by atoms with van der Waals surface area (Å²) in [4.78, 5) is 0. The average molecular weight is 284 g/mol. The van der Waals surface area contributed by atoms with E-state index in [1.165, 1.54) is 11.1 Å². The molecule has 0 aliphatic carbocycles. The predicted molar refractivity (Wildman–Crippen MR) is 87.4 cm³/mol. The predicted octanol–water partition coefficient (Wildman–Crippen LogP) is 5.00. The largest absolute Gasteiger partial charge is 0.497 e. The van der Waals surface area contributed by atoms with Gasteiger partial charge in [0, 0.05) is 0 Å². The minimum absolute atomic E-state index is 0.521. The lowest BCUT2D eigenvalue weighted by Crippen LogP contribution is -2.01. The number of hydrogen-bond acceptors (Lipinski definition) is 2. The average Bonchev–Trinajstić information content (AvgIpc) is 2.55. The van der Waals surface area contributed by atoms with E-state index in [-0.39, 0.29) is 0 Å². The zero-order valence-electron chi connectivity index (χ0n) is 13.3. The summed E-state index contributed by atoms with van der Waals surface area (Å²) < 4.78 is 10.4. The molecule has 112 valence electrons. The highest BCUT2D eigenvalue weighted by molar-refractivity contribution is 5.31. The van der Waals surface area contributed by atoms with Crippen molar-refractivity contribution in [1.82, 2.24) is 0 Å². The molecule has 0 bridgehead atoms. The molecule has 0 fully saturated rings. The first kappa shape index (κ1) is 15.4. The fourth-order valence-electron chi connectivity index (χ4n) is 2.67. The van der Waals surface area contributed by atoms with E-state index < -0.39 is 0 Å². The number of benzene rings is 2. The summed E-state index contributed by atoms with van der Waals surface area (Å²) >= 11 is 0. The maximum atomic E-state index is 5.21. The topological polar surface area (TPSA) is 18.5 Å². The maximum Gasteiger partial charge on any atom is 0.118 e. The molecule has 2 aromatic carbocycles. The Bertz CT molecular complexity index is 491. The summed E-state index contributed by atoms with van der Waals surface area (Å²) in [7, 11) is 3.40. The lowest BCUT2D eigenvalue weighted by atomic mass is 9.87. The summed E-state index contributed by atoms with van der Waals surface area (Å²) in [5.74, 6) is 2.87. The number of methoxy groups -OCH3 is 2. The third-order valence-electron chi connectivity index (χ3n) is 4.08. The SMILES string of the molecule is COc1ccc(C(C)C[C@H](C)c2ccc(OC)cc2)cc1. The van der Waals surface area contributed by atoms with E-state index in [1.54, 1.807) is 14.2 Å². The monoisotopic (exact) mass is 284 g/mol. The van der Waals surface area contributed by atoms with Gasteiger partial charge in [0.1, 0.15) is 11.5 Å². The zero-order chi connectivity index (χ0) is 15.2. The highest BCUT2D eigenvalue weighted by Gasteiger charge is 2.12. The summed E-state index contributed by atoms with van der Waals surface area (Å²) in [5, 5.41) is 0. The molecule has 0 saturated carbocycles. The Morgan fingerprint density at radius 1 is 0.667 bits per heavy atom. The maximum absolute atomic E-state index is 5.21. The summed E-state index contributed by atoms with van der Waals surface area (Å²) in [6.07, 6.45) is 1.12. The minimum Gasteiger partial charge on any atom is -0.497 e. The van der Waals surface area contributed by atoms with E-state index in [0.717, 1.165) is 17.9 Å². The van der Waals surface area contributed by atoms with E-state index >= 15 is 0 Å². The van der Waals surface area contributed by atoms with Crippen LogP contribution in [-0.4, -0.2) is 14.2 Å². The van der Waals surface area contributed by atoms with Gasteiger partial charge in [-0.15, -0.1) is 0 Å². The van der Waals surface area contributed by atoms with Crippen LogP contribution in [0.3, 0.4) is 0 Å². The highest BCUT2D eigenvalue weighted by atomic mass is 16.5. The van der Waals surface area contributed by atoms with Gasteiger partial charge in [-0.25, -0.2) is 0 Å². The molecule has 0 N–H and O–H groups in total. The molecule has 0 radical (unpaired) electrons. The van der Waals surface area contributed by atoms with Crippen molar-refractivity contribution in [1.29, 1.82) is 0 Å². The van der Waals surface area contributed by atoms with E-state index in [2.05, 4.69) is 38.1 Å². The number of hydrogen-bond donors (Lipinski definition) is 0. The van der Waals surface area contributed by atoms with Crippen molar-refractivity contribution in [3.63, 3.8) is 0 Å². The van der Waals surface area contributed by atoms with Crippen LogP contribution in [0.15, 0.2) is 48.5 Å². The molecule has 0 spiro atoms. The molecular formula is C19H24O2. The van der Waals surface area contributed by atoms with Crippen LogP contribution in [0.1, 0.15) is 43.2 Å². The quantitative estimate of drug-likeness (QED) is 0.743. The van der Waals surface area contributed by atoms with Gasteiger partial charge < -0.3 is 9.47 Å². The molecule has 2 atom stereocenters. The number of rotatable bonds is 6. The molecule has 1 unspecified atom stereocenters. The molecule has 2 nitrogen and oxygen atoms in total. The van der Waals surface area contributed by atoms with Crippen LogP contribution >= 0.6 is 0 Å². The van der Waals surface area contributed by atoms with E-state index in [4.69, 9.17) is 9.47 Å². The second-order valence-electron chi connectivity index (χ2n) is 5.58. The van der Waals surface area contributed by atoms with E-state index in [9.17, 15) is 0 Å². The Morgan fingerprint density at radius 3 is 1.29 bits per heavy atom. The Labute approximate surface area is 127 Å². The first-order chi connectivity index (χ1) is 10.1. The number of ether oxygens (including phenoxy) is 2. The van der Waals surface area contributed by atoms with Crippen LogP contribution in [0.4, 0.5) is 0 Å². The molecule has 0 amide bonds. The fraction of sp³-hybridized carbons (Fsp3) is 0.368. The molecule has 2 rings (SSSR count). The van der Waals surface area contributed by atoms with Crippen LogP contribution in [0.5, 0.6) is 11.5 Å². The van der Waals surface area contributed by atoms with Crippen LogP contribution in [0.25, 0.3) is 0 Å². The van der Waals surface area contributed by atoms with Crippen molar-refractivity contribution in [2.24, 2.45) is 0 Å². The van der Waals surface area contributed by atoms with Crippen molar-refractivity contribution in [2.75, 3.05) is 14.2 Å². The third kappa shape index (κ3) is 4.01.